The minimum atomic E-state index is -5.86. The zero-order chi connectivity index (χ0) is 59.5. The predicted molar refractivity (Wildman–Crippen MR) is 283 cm³/mol. The van der Waals surface area contributed by atoms with Gasteiger partial charge in [-0.3, -0.25) is 0 Å². The number of hydrogen-bond acceptors (Lipinski definition) is 14. The second kappa shape index (κ2) is 29.5. The van der Waals surface area contributed by atoms with Crippen LogP contribution in [0.3, 0.4) is 0 Å². The molecule has 0 amide bonds. The van der Waals surface area contributed by atoms with Crippen molar-refractivity contribution in [2.24, 2.45) is 11.8 Å². The maximum Gasteiger partial charge on any atom is 0.430 e. The molecule has 5 atom stereocenters. The van der Waals surface area contributed by atoms with Gasteiger partial charge in [-0.05, 0) is 140 Å². The van der Waals surface area contributed by atoms with Crippen LogP contribution in [0.2, 0.25) is 0 Å². The molecule has 2 N–H and O–H groups in total. The van der Waals surface area contributed by atoms with Crippen molar-refractivity contribution < 1.29 is 93.6 Å². The van der Waals surface area contributed by atoms with Gasteiger partial charge in [-0.25, -0.2) is 19.2 Å². The molecule has 20 heteroatoms. The minimum Gasteiger partial charge on any atom is -0.465 e. The Balaban J connectivity index is 0.000000261. The number of esters is 4. The van der Waals surface area contributed by atoms with E-state index in [1.165, 1.54) is 19.4 Å². The topological polar surface area (TPSA) is 183 Å². The zero-order valence-electron chi connectivity index (χ0n) is 45.6. The van der Waals surface area contributed by atoms with E-state index in [2.05, 4.69) is 37.6 Å². The molecule has 5 aliphatic rings. The summed E-state index contributed by atoms with van der Waals surface area (Å²) < 4.78 is 116. The summed E-state index contributed by atoms with van der Waals surface area (Å²) in [6.07, 6.45) is -3.95. The molecule has 3 aromatic rings. The summed E-state index contributed by atoms with van der Waals surface area (Å²) in [6.45, 7) is 31.5. The molecule has 0 aromatic heterocycles. The second-order valence-corrected chi connectivity index (χ2v) is 19.4. The summed E-state index contributed by atoms with van der Waals surface area (Å²) in [5.74, 6) is 1.27. The van der Waals surface area contributed by atoms with E-state index in [1.807, 2.05) is 52.0 Å². The van der Waals surface area contributed by atoms with Gasteiger partial charge in [0.1, 0.15) is 22.8 Å². The van der Waals surface area contributed by atoms with Crippen molar-refractivity contribution in [2.45, 2.75) is 141 Å². The van der Waals surface area contributed by atoms with Crippen LogP contribution >= 0.6 is 0 Å². The van der Waals surface area contributed by atoms with Crippen molar-refractivity contribution in [3.05, 3.63) is 139 Å². The van der Waals surface area contributed by atoms with Gasteiger partial charge in [0, 0.05) is 48.3 Å². The number of benzene rings is 3. The molecule has 1 aliphatic heterocycles. The number of halogens is 6. The van der Waals surface area contributed by atoms with Crippen molar-refractivity contribution in [3.63, 3.8) is 0 Å². The average molecular weight is 1120 g/mol. The maximum absolute atomic E-state index is 12.5. The van der Waals surface area contributed by atoms with Crippen molar-refractivity contribution in [1.29, 1.82) is 0 Å². The fourth-order valence-electron chi connectivity index (χ4n) is 9.08. The van der Waals surface area contributed by atoms with Crippen LogP contribution in [0.5, 0.6) is 17.2 Å². The highest BCUT2D eigenvalue weighted by Gasteiger charge is 2.71. The van der Waals surface area contributed by atoms with Crippen LogP contribution in [0.25, 0.3) is 12.2 Å². The summed E-state index contributed by atoms with van der Waals surface area (Å²) in [4.78, 5) is 44.7. The third kappa shape index (κ3) is 20.1. The first-order chi connectivity index (χ1) is 36.8. The second-order valence-electron chi connectivity index (χ2n) is 19.4. The Hall–Kier alpha value is -6.74. The van der Waals surface area contributed by atoms with Crippen LogP contribution in [0.15, 0.2) is 122 Å². The molecule has 4 saturated carbocycles. The monoisotopic (exact) mass is 1120 g/mol. The van der Waals surface area contributed by atoms with Crippen LogP contribution in [-0.4, -0.2) is 96.1 Å². The molecular formula is C59H72F6O14. The largest absolute Gasteiger partial charge is 0.465 e. The van der Waals surface area contributed by atoms with E-state index < -0.39 is 58.7 Å². The summed E-state index contributed by atoms with van der Waals surface area (Å²) >= 11 is 0. The Kier molecular flexibility index (Phi) is 24.8. The van der Waals surface area contributed by atoms with E-state index in [0.717, 1.165) is 49.1 Å². The van der Waals surface area contributed by atoms with Crippen molar-refractivity contribution in [3.8, 4) is 17.2 Å². The smallest absolute Gasteiger partial charge is 0.430 e. The first-order valence-electron chi connectivity index (χ1n) is 25.3. The lowest BCUT2D eigenvalue weighted by Crippen LogP contribution is -2.60. The molecule has 4 aliphatic carbocycles. The fourth-order valence-corrected chi connectivity index (χ4v) is 9.08. The molecule has 0 spiro atoms. The van der Waals surface area contributed by atoms with Gasteiger partial charge in [-0.1, -0.05) is 81.4 Å². The number of cyclic esters (lactones) is 1. The average Bonchev–Trinajstić information content (AvgIpc) is 3.96. The molecule has 5 unspecified atom stereocenters. The van der Waals surface area contributed by atoms with Gasteiger partial charge >= 0.3 is 36.2 Å². The number of ether oxygens (including phenoxy) is 8. The van der Waals surface area contributed by atoms with Gasteiger partial charge in [0.05, 0.1) is 12.2 Å². The molecule has 1 heterocycles. The normalized spacial score (nSPS) is 21.3. The highest BCUT2D eigenvalue weighted by Crippen LogP contribution is 2.59. The number of alkyl halides is 6. The Morgan fingerprint density at radius 3 is 1.47 bits per heavy atom. The Morgan fingerprint density at radius 2 is 1.10 bits per heavy atom. The van der Waals surface area contributed by atoms with Crippen LogP contribution in [0.4, 0.5) is 26.3 Å². The lowest BCUT2D eigenvalue weighted by molar-refractivity contribution is -0.376. The molecule has 1 saturated heterocycles. The first-order valence-corrected chi connectivity index (χ1v) is 25.3. The lowest BCUT2D eigenvalue weighted by Gasteiger charge is -2.59. The Labute approximate surface area is 457 Å². The third-order valence-corrected chi connectivity index (χ3v) is 12.4. The number of aliphatic hydroxyl groups is 2. The van der Waals surface area contributed by atoms with Gasteiger partial charge < -0.3 is 48.1 Å². The molecule has 434 valence electrons. The van der Waals surface area contributed by atoms with Crippen molar-refractivity contribution >= 4 is 36.0 Å². The van der Waals surface area contributed by atoms with Crippen LogP contribution in [0, 0.1) is 11.8 Å². The molecule has 14 nitrogen and oxygen atoms in total. The third-order valence-electron chi connectivity index (χ3n) is 12.4. The first kappa shape index (κ1) is 66.5. The quantitative estimate of drug-likeness (QED) is 0.0325. The summed E-state index contributed by atoms with van der Waals surface area (Å²) in [7, 11) is 0. The maximum atomic E-state index is 12.5. The van der Waals surface area contributed by atoms with Crippen LogP contribution < -0.4 is 14.2 Å². The van der Waals surface area contributed by atoms with E-state index in [-0.39, 0.29) is 24.1 Å². The number of rotatable bonds is 17. The summed E-state index contributed by atoms with van der Waals surface area (Å²) in [5.41, 5.74) is -4.60. The Morgan fingerprint density at radius 1 is 0.684 bits per heavy atom. The summed E-state index contributed by atoms with van der Waals surface area (Å²) in [6, 6.07) is 17.6. The standard InChI is InChI=1S/C14H18O4.C14H20O3.C12H16O2.C11H8F6O.C8H10O4/c1-5-16-11(4)17-12-6-8-13(9-7-12)18-14(15)10(2)3;1-9(2)12(15)17-14-6-10-3-11(7-14)5-13(16,4-10)8-14;1-4-11-6-8-12(9-7-11)14-10(3)13-5-2;1-2-7-3-5-8(6-4-7)9(18,10(12,13)14)11(15,16)17;1-5(2)7(9)12-6-3-4-11-8(6)10/h6-9,11H,2,5H2,1,3-4H3;10-11,16H,1,3-8H2,2H3;4,6-10H,1,5H2,2-3H3;2-6,18H,1H2;6H,1,3-4H2,2H3. The van der Waals surface area contributed by atoms with Crippen LogP contribution in [-0.2, 0) is 48.5 Å². The number of carbonyl (C=O) groups excluding carboxylic acids is 4. The molecule has 3 aromatic carbocycles. The van der Waals surface area contributed by atoms with Crippen molar-refractivity contribution in [2.75, 3.05) is 19.8 Å². The van der Waals surface area contributed by atoms with E-state index in [4.69, 9.17) is 38.3 Å². The van der Waals surface area contributed by atoms with Gasteiger partial charge in [0.15, 0.2) is 12.6 Å². The zero-order valence-corrected chi connectivity index (χ0v) is 45.6. The molecular weight excluding hydrogens is 1050 g/mol. The van der Waals surface area contributed by atoms with E-state index >= 15 is 0 Å². The van der Waals surface area contributed by atoms with Crippen molar-refractivity contribution in [1.82, 2.24) is 0 Å². The predicted octanol–water partition coefficient (Wildman–Crippen LogP) is 12.3. The number of carbonyl (C=O) groups is 4. The van der Waals surface area contributed by atoms with Gasteiger partial charge in [0.2, 0.25) is 6.10 Å². The summed E-state index contributed by atoms with van der Waals surface area (Å²) in [5, 5.41) is 19.5. The molecule has 0 radical (unpaired) electrons. The van der Waals surface area contributed by atoms with Gasteiger partial charge in [-0.15, -0.1) is 0 Å². The van der Waals surface area contributed by atoms with E-state index in [1.54, 1.807) is 44.2 Å². The SMILES string of the molecule is C=C(C)C(=O)OC12CC3CC(CC(O)(C3)C1)C2.C=C(C)C(=O)OC1CCOC1=O.C=C(C)C(=O)Oc1ccc(OC(C)OCC)cc1.C=Cc1ccc(C(O)(C(F)(F)F)C(F)(F)F)cc1.C=Cc1ccc(OC(C)OCC)cc1. The molecule has 8 rings (SSSR count). The Bertz CT molecular complexity index is 2530. The van der Waals surface area contributed by atoms with Crippen LogP contribution in [0.1, 0.15) is 110 Å². The molecule has 4 bridgehead atoms. The lowest BCUT2D eigenvalue weighted by atomic mass is 9.52. The highest BCUT2D eigenvalue weighted by molar-refractivity contribution is 5.90. The van der Waals surface area contributed by atoms with Gasteiger partial charge in [0.25, 0.3) is 5.60 Å². The number of hydrogen-bond donors (Lipinski definition) is 2. The van der Waals surface area contributed by atoms with E-state index in [9.17, 15) is 50.6 Å². The molecule has 79 heavy (non-hydrogen) atoms. The minimum absolute atomic E-state index is 0.199. The van der Waals surface area contributed by atoms with Gasteiger partial charge in [-0.2, -0.15) is 26.3 Å². The molecule has 5 fully saturated rings. The van der Waals surface area contributed by atoms with E-state index in [0.29, 0.717) is 84.8 Å². The highest BCUT2D eigenvalue weighted by atomic mass is 19.4. The fraction of sp³-hybridized carbons (Fsp3) is 0.458.